The number of para-hydroxylation sites is 1. The SMILES string of the molecule is COc1ccc(-c2cc(C(=O)Nc3nc(-c4cccs4)cs3)c3ccccc3n2)cc1OC. The second-order valence-corrected chi connectivity index (χ2v) is 8.92. The molecule has 0 saturated heterocycles. The maximum absolute atomic E-state index is 13.3. The number of ether oxygens (including phenoxy) is 2. The lowest BCUT2D eigenvalue weighted by molar-refractivity contribution is 0.102. The number of anilines is 1. The number of aromatic nitrogens is 2. The van der Waals surface area contributed by atoms with Crippen LogP contribution in [-0.2, 0) is 0 Å². The van der Waals surface area contributed by atoms with Gasteiger partial charge in [0.25, 0.3) is 5.91 Å². The summed E-state index contributed by atoms with van der Waals surface area (Å²) in [5.74, 6) is 0.993. The maximum atomic E-state index is 13.3. The summed E-state index contributed by atoms with van der Waals surface area (Å²) in [5.41, 5.74) is 3.60. The smallest absolute Gasteiger partial charge is 0.258 e. The van der Waals surface area contributed by atoms with E-state index in [2.05, 4.69) is 10.3 Å². The topological polar surface area (TPSA) is 73.3 Å². The van der Waals surface area contributed by atoms with Crippen LogP contribution < -0.4 is 14.8 Å². The Hall–Kier alpha value is -3.75. The Morgan fingerprint density at radius 1 is 0.879 bits per heavy atom. The van der Waals surface area contributed by atoms with E-state index in [0.717, 1.165) is 27.0 Å². The van der Waals surface area contributed by atoms with Crippen molar-refractivity contribution in [2.24, 2.45) is 0 Å². The van der Waals surface area contributed by atoms with Gasteiger partial charge in [0.15, 0.2) is 16.6 Å². The number of nitrogens with one attached hydrogen (secondary N) is 1. The van der Waals surface area contributed by atoms with Crippen LogP contribution >= 0.6 is 22.7 Å². The third-order valence-electron chi connectivity index (χ3n) is 5.14. The highest BCUT2D eigenvalue weighted by Crippen LogP contribution is 2.34. The van der Waals surface area contributed by atoms with Gasteiger partial charge in [-0.1, -0.05) is 24.3 Å². The molecule has 0 spiro atoms. The van der Waals surface area contributed by atoms with Crippen molar-refractivity contribution in [2.75, 3.05) is 19.5 Å². The van der Waals surface area contributed by atoms with Crippen LogP contribution in [0.1, 0.15) is 10.4 Å². The lowest BCUT2D eigenvalue weighted by Gasteiger charge is -2.12. The lowest BCUT2D eigenvalue weighted by atomic mass is 10.0. The summed E-state index contributed by atoms with van der Waals surface area (Å²) in [6.07, 6.45) is 0. The van der Waals surface area contributed by atoms with Crippen LogP contribution in [0.3, 0.4) is 0 Å². The van der Waals surface area contributed by atoms with E-state index in [1.54, 1.807) is 31.6 Å². The van der Waals surface area contributed by atoms with Gasteiger partial charge in [-0.15, -0.1) is 22.7 Å². The van der Waals surface area contributed by atoms with Gasteiger partial charge in [0.05, 0.1) is 41.6 Å². The molecule has 2 aromatic carbocycles. The zero-order chi connectivity index (χ0) is 22.8. The molecule has 5 aromatic rings. The fourth-order valence-corrected chi connectivity index (χ4v) is 5.01. The summed E-state index contributed by atoms with van der Waals surface area (Å²) < 4.78 is 10.8. The molecule has 33 heavy (non-hydrogen) atoms. The van der Waals surface area contributed by atoms with Crippen molar-refractivity contribution in [3.8, 4) is 33.3 Å². The van der Waals surface area contributed by atoms with E-state index in [1.165, 1.54) is 11.3 Å². The van der Waals surface area contributed by atoms with Crippen molar-refractivity contribution in [3.63, 3.8) is 0 Å². The Morgan fingerprint density at radius 2 is 1.73 bits per heavy atom. The molecule has 0 aliphatic rings. The second kappa shape index (κ2) is 9.01. The van der Waals surface area contributed by atoms with E-state index < -0.39 is 0 Å². The van der Waals surface area contributed by atoms with Gasteiger partial charge in [0, 0.05) is 16.3 Å². The maximum Gasteiger partial charge on any atom is 0.258 e. The molecular weight excluding hydrogens is 454 g/mol. The van der Waals surface area contributed by atoms with E-state index in [4.69, 9.17) is 14.5 Å². The zero-order valence-electron chi connectivity index (χ0n) is 17.9. The summed E-state index contributed by atoms with van der Waals surface area (Å²) in [5, 5.41) is 8.23. The Labute approximate surface area is 198 Å². The highest BCUT2D eigenvalue weighted by molar-refractivity contribution is 7.16. The van der Waals surface area contributed by atoms with E-state index in [0.29, 0.717) is 27.9 Å². The van der Waals surface area contributed by atoms with Crippen LogP contribution in [0.25, 0.3) is 32.7 Å². The number of amides is 1. The molecule has 3 heterocycles. The van der Waals surface area contributed by atoms with Gasteiger partial charge in [-0.3, -0.25) is 10.1 Å². The molecule has 0 unspecified atom stereocenters. The van der Waals surface area contributed by atoms with Crippen molar-refractivity contribution >= 4 is 44.6 Å². The fourth-order valence-electron chi connectivity index (χ4n) is 3.54. The van der Waals surface area contributed by atoms with Gasteiger partial charge in [-0.2, -0.15) is 0 Å². The van der Waals surface area contributed by atoms with E-state index in [9.17, 15) is 4.79 Å². The third kappa shape index (κ3) is 4.18. The van der Waals surface area contributed by atoms with Gasteiger partial charge >= 0.3 is 0 Å². The largest absolute Gasteiger partial charge is 0.493 e. The molecule has 0 atom stereocenters. The molecule has 0 aliphatic heterocycles. The van der Waals surface area contributed by atoms with Gasteiger partial charge in [0.1, 0.15) is 0 Å². The normalized spacial score (nSPS) is 10.8. The minimum absolute atomic E-state index is 0.234. The first-order chi connectivity index (χ1) is 16.2. The van der Waals surface area contributed by atoms with Crippen LogP contribution in [-0.4, -0.2) is 30.1 Å². The van der Waals surface area contributed by atoms with Crippen LogP contribution in [0, 0.1) is 0 Å². The fraction of sp³-hybridized carbons (Fsp3) is 0.0800. The molecule has 0 fully saturated rings. The van der Waals surface area contributed by atoms with Gasteiger partial charge in [-0.05, 0) is 41.8 Å². The number of benzene rings is 2. The summed E-state index contributed by atoms with van der Waals surface area (Å²) in [4.78, 5) is 23.7. The minimum Gasteiger partial charge on any atom is -0.493 e. The number of thiazole rings is 1. The molecule has 164 valence electrons. The lowest BCUT2D eigenvalue weighted by Crippen LogP contribution is -2.13. The summed E-state index contributed by atoms with van der Waals surface area (Å²) in [6, 6.07) is 19.0. The van der Waals surface area contributed by atoms with Crippen LogP contribution in [0.15, 0.2) is 71.4 Å². The molecule has 0 bridgehead atoms. The summed E-state index contributed by atoms with van der Waals surface area (Å²) >= 11 is 3.02. The first kappa shape index (κ1) is 21.1. The third-order valence-corrected chi connectivity index (χ3v) is 6.79. The zero-order valence-corrected chi connectivity index (χ0v) is 19.5. The number of methoxy groups -OCH3 is 2. The van der Waals surface area contributed by atoms with Crippen molar-refractivity contribution < 1.29 is 14.3 Å². The van der Waals surface area contributed by atoms with Gasteiger partial charge in [0.2, 0.25) is 0 Å². The molecule has 8 heteroatoms. The highest BCUT2D eigenvalue weighted by atomic mass is 32.1. The standard InChI is InChI=1S/C25H19N3O3S2/c1-30-21-10-9-15(12-22(21)31-2)19-13-17(16-6-3-4-7-18(16)26-19)24(29)28-25-27-20(14-33-25)23-8-5-11-32-23/h3-14H,1-2H3,(H,27,28,29). The number of carbonyl (C=O) groups excluding carboxylic acids is 1. The van der Waals surface area contributed by atoms with Crippen molar-refractivity contribution in [3.05, 3.63) is 77.0 Å². The first-order valence-electron chi connectivity index (χ1n) is 10.1. The molecule has 1 N–H and O–H groups in total. The minimum atomic E-state index is -0.234. The molecule has 0 aliphatic carbocycles. The molecule has 5 rings (SSSR count). The van der Waals surface area contributed by atoms with Crippen molar-refractivity contribution in [1.82, 2.24) is 9.97 Å². The number of hydrogen-bond acceptors (Lipinski definition) is 7. The first-order valence-corrected chi connectivity index (χ1v) is 11.8. The Morgan fingerprint density at radius 3 is 2.52 bits per heavy atom. The molecule has 0 radical (unpaired) electrons. The summed E-state index contributed by atoms with van der Waals surface area (Å²) in [7, 11) is 3.18. The number of hydrogen-bond donors (Lipinski definition) is 1. The monoisotopic (exact) mass is 473 g/mol. The molecule has 0 saturated carbocycles. The van der Waals surface area contributed by atoms with Crippen molar-refractivity contribution in [2.45, 2.75) is 0 Å². The predicted octanol–water partition coefficient (Wildman–Crippen LogP) is 6.36. The molecular formula is C25H19N3O3S2. The van der Waals surface area contributed by atoms with Crippen LogP contribution in [0.2, 0.25) is 0 Å². The van der Waals surface area contributed by atoms with Gasteiger partial charge < -0.3 is 9.47 Å². The number of fused-ring (bicyclic) bond motifs is 1. The number of carbonyl (C=O) groups is 1. The van der Waals surface area contributed by atoms with E-state index >= 15 is 0 Å². The predicted molar refractivity (Wildman–Crippen MR) is 134 cm³/mol. The Balaban J connectivity index is 1.53. The quantitative estimate of drug-likeness (QED) is 0.311. The number of rotatable bonds is 6. The average Bonchev–Trinajstić information content (AvgIpc) is 3.55. The van der Waals surface area contributed by atoms with Crippen LogP contribution in [0.4, 0.5) is 5.13 Å². The van der Waals surface area contributed by atoms with E-state index in [1.807, 2.05) is 65.4 Å². The molecule has 1 amide bonds. The summed E-state index contributed by atoms with van der Waals surface area (Å²) in [6.45, 7) is 0. The van der Waals surface area contributed by atoms with Crippen molar-refractivity contribution in [1.29, 1.82) is 0 Å². The number of nitrogens with zero attached hydrogens (tertiary/aromatic N) is 2. The van der Waals surface area contributed by atoms with Crippen LogP contribution in [0.5, 0.6) is 11.5 Å². The number of thiophene rings is 1. The number of pyridine rings is 1. The van der Waals surface area contributed by atoms with E-state index in [-0.39, 0.29) is 5.91 Å². The Bertz CT molecular complexity index is 1440. The highest BCUT2D eigenvalue weighted by Gasteiger charge is 2.17. The molecule has 6 nitrogen and oxygen atoms in total. The second-order valence-electron chi connectivity index (χ2n) is 7.11. The Kier molecular flexibility index (Phi) is 5.77. The average molecular weight is 474 g/mol. The van der Waals surface area contributed by atoms with Gasteiger partial charge in [-0.25, -0.2) is 9.97 Å². The molecule has 3 aromatic heterocycles.